The van der Waals surface area contributed by atoms with Crippen molar-refractivity contribution in [2.24, 2.45) is 11.3 Å². The van der Waals surface area contributed by atoms with Gasteiger partial charge in [0, 0.05) is 12.1 Å². The van der Waals surface area contributed by atoms with Gasteiger partial charge in [-0.3, -0.25) is 0 Å². The summed E-state index contributed by atoms with van der Waals surface area (Å²) in [5.74, 6) is 0.968. The second-order valence-corrected chi connectivity index (χ2v) is 6.94. The number of nitrogens with one attached hydrogen (secondary N) is 1. The third-order valence-electron chi connectivity index (χ3n) is 4.94. The first kappa shape index (κ1) is 12.4. The molecule has 0 saturated heterocycles. The maximum absolute atomic E-state index is 3.90. The van der Waals surface area contributed by atoms with Crippen LogP contribution in [0.2, 0.25) is 0 Å². The summed E-state index contributed by atoms with van der Waals surface area (Å²) in [6.07, 6.45) is 11.5. The van der Waals surface area contributed by atoms with Crippen molar-refractivity contribution in [1.29, 1.82) is 0 Å². The van der Waals surface area contributed by atoms with Gasteiger partial charge < -0.3 is 5.32 Å². The summed E-state index contributed by atoms with van der Waals surface area (Å²) in [6.45, 7) is 7.25. The fourth-order valence-electron chi connectivity index (χ4n) is 3.53. The number of hydrogen-bond acceptors (Lipinski definition) is 1. The van der Waals surface area contributed by atoms with Crippen molar-refractivity contribution in [3.05, 3.63) is 0 Å². The van der Waals surface area contributed by atoms with Gasteiger partial charge in [0.1, 0.15) is 0 Å². The van der Waals surface area contributed by atoms with Gasteiger partial charge in [-0.25, -0.2) is 0 Å². The van der Waals surface area contributed by atoms with E-state index in [1.54, 1.807) is 0 Å². The van der Waals surface area contributed by atoms with Gasteiger partial charge in [-0.05, 0) is 56.8 Å². The van der Waals surface area contributed by atoms with E-state index in [-0.39, 0.29) is 0 Å². The molecule has 2 saturated carbocycles. The van der Waals surface area contributed by atoms with Gasteiger partial charge in [-0.1, -0.05) is 26.7 Å². The molecule has 1 heteroatoms. The van der Waals surface area contributed by atoms with Gasteiger partial charge in [0.05, 0.1) is 0 Å². The van der Waals surface area contributed by atoms with Crippen LogP contribution in [-0.2, 0) is 0 Å². The normalized spacial score (nSPS) is 29.4. The molecule has 0 radical (unpaired) electrons. The number of hydrogen-bond donors (Lipinski definition) is 1. The Morgan fingerprint density at radius 1 is 1.00 bits per heavy atom. The molecule has 0 amide bonds. The van der Waals surface area contributed by atoms with Crippen LogP contribution in [-0.4, -0.2) is 12.1 Å². The van der Waals surface area contributed by atoms with Crippen LogP contribution in [0.25, 0.3) is 0 Å². The summed E-state index contributed by atoms with van der Waals surface area (Å²) in [6, 6.07) is 1.57. The third-order valence-corrected chi connectivity index (χ3v) is 4.94. The molecule has 1 nitrogen and oxygen atoms in total. The smallest absolute Gasteiger partial charge is 0.00700 e. The lowest BCUT2D eigenvalue weighted by molar-refractivity contribution is 0.190. The molecule has 0 spiro atoms. The van der Waals surface area contributed by atoms with Crippen molar-refractivity contribution in [3.8, 4) is 0 Å². The van der Waals surface area contributed by atoms with Crippen LogP contribution in [0, 0.1) is 11.3 Å². The first-order valence-electron chi connectivity index (χ1n) is 7.33. The molecule has 0 aromatic heterocycles. The predicted molar refractivity (Wildman–Crippen MR) is 70.6 cm³/mol. The zero-order valence-corrected chi connectivity index (χ0v) is 11.4. The molecule has 1 atom stereocenters. The van der Waals surface area contributed by atoms with E-state index >= 15 is 0 Å². The SMILES string of the molecule is CC(NC1CCC(C)(C)CC1)C1CCCC1. The molecule has 2 aliphatic rings. The maximum Gasteiger partial charge on any atom is 0.00700 e. The average molecular weight is 223 g/mol. The first-order chi connectivity index (χ1) is 7.57. The van der Waals surface area contributed by atoms with Crippen molar-refractivity contribution in [1.82, 2.24) is 5.32 Å². The van der Waals surface area contributed by atoms with Gasteiger partial charge in [-0.2, -0.15) is 0 Å². The van der Waals surface area contributed by atoms with Crippen LogP contribution < -0.4 is 5.32 Å². The van der Waals surface area contributed by atoms with Crippen LogP contribution in [0.15, 0.2) is 0 Å². The van der Waals surface area contributed by atoms with Gasteiger partial charge in [0.25, 0.3) is 0 Å². The first-order valence-corrected chi connectivity index (χ1v) is 7.33. The second kappa shape index (κ2) is 5.08. The van der Waals surface area contributed by atoms with E-state index in [0.717, 1.165) is 18.0 Å². The highest BCUT2D eigenvalue weighted by molar-refractivity contribution is 4.86. The molecule has 0 bridgehead atoms. The summed E-state index contributed by atoms with van der Waals surface area (Å²) in [5, 5.41) is 3.90. The van der Waals surface area contributed by atoms with E-state index in [1.807, 2.05) is 0 Å². The van der Waals surface area contributed by atoms with Crippen LogP contribution >= 0.6 is 0 Å². The highest BCUT2D eigenvalue weighted by atomic mass is 15.0. The summed E-state index contributed by atoms with van der Waals surface area (Å²) >= 11 is 0. The highest BCUT2D eigenvalue weighted by Crippen LogP contribution is 2.36. The zero-order chi connectivity index (χ0) is 11.6. The van der Waals surface area contributed by atoms with Gasteiger partial charge in [-0.15, -0.1) is 0 Å². The molecular formula is C15H29N. The highest BCUT2D eigenvalue weighted by Gasteiger charge is 2.29. The molecule has 1 N–H and O–H groups in total. The van der Waals surface area contributed by atoms with Crippen LogP contribution in [0.3, 0.4) is 0 Å². The zero-order valence-electron chi connectivity index (χ0n) is 11.4. The van der Waals surface area contributed by atoms with E-state index in [1.165, 1.54) is 51.4 Å². The van der Waals surface area contributed by atoms with E-state index < -0.39 is 0 Å². The fourth-order valence-corrected chi connectivity index (χ4v) is 3.53. The van der Waals surface area contributed by atoms with E-state index in [2.05, 4.69) is 26.1 Å². The lowest BCUT2D eigenvalue weighted by Gasteiger charge is -2.37. The van der Waals surface area contributed by atoms with Crippen molar-refractivity contribution >= 4 is 0 Å². The van der Waals surface area contributed by atoms with Gasteiger partial charge >= 0.3 is 0 Å². The van der Waals surface area contributed by atoms with E-state index in [4.69, 9.17) is 0 Å². The molecule has 0 aliphatic heterocycles. The molecule has 0 aromatic carbocycles. The molecule has 0 heterocycles. The Balaban J connectivity index is 1.73. The lowest BCUT2D eigenvalue weighted by Crippen LogP contribution is -2.43. The maximum atomic E-state index is 3.90. The fraction of sp³-hybridized carbons (Fsp3) is 1.00. The molecule has 2 fully saturated rings. The monoisotopic (exact) mass is 223 g/mol. The summed E-state index contributed by atoms with van der Waals surface area (Å²) in [5.41, 5.74) is 0.606. The molecule has 16 heavy (non-hydrogen) atoms. The Bertz CT molecular complexity index is 205. The molecule has 0 aromatic rings. The van der Waals surface area contributed by atoms with E-state index in [9.17, 15) is 0 Å². The molecule has 1 unspecified atom stereocenters. The Morgan fingerprint density at radius 2 is 1.56 bits per heavy atom. The average Bonchev–Trinajstić information content (AvgIpc) is 2.74. The molecule has 2 aliphatic carbocycles. The number of rotatable bonds is 3. The molecule has 94 valence electrons. The second-order valence-electron chi connectivity index (χ2n) is 6.94. The topological polar surface area (TPSA) is 12.0 Å². The van der Waals surface area contributed by atoms with Crippen molar-refractivity contribution < 1.29 is 0 Å². The lowest BCUT2D eigenvalue weighted by atomic mass is 9.75. The minimum absolute atomic E-state index is 0.606. The largest absolute Gasteiger partial charge is 0.311 e. The summed E-state index contributed by atoms with van der Waals surface area (Å²) < 4.78 is 0. The van der Waals surface area contributed by atoms with Crippen LogP contribution in [0.5, 0.6) is 0 Å². The van der Waals surface area contributed by atoms with Gasteiger partial charge in [0.2, 0.25) is 0 Å². The Labute approximate surface area is 101 Å². The molecule has 2 rings (SSSR count). The van der Waals surface area contributed by atoms with Crippen LogP contribution in [0.4, 0.5) is 0 Å². The Hall–Kier alpha value is -0.0400. The van der Waals surface area contributed by atoms with E-state index in [0.29, 0.717) is 5.41 Å². The minimum Gasteiger partial charge on any atom is -0.311 e. The third kappa shape index (κ3) is 3.23. The Kier molecular flexibility index (Phi) is 3.94. The summed E-state index contributed by atoms with van der Waals surface area (Å²) in [7, 11) is 0. The minimum atomic E-state index is 0.606. The van der Waals surface area contributed by atoms with Gasteiger partial charge in [0.15, 0.2) is 0 Å². The summed E-state index contributed by atoms with van der Waals surface area (Å²) in [4.78, 5) is 0. The van der Waals surface area contributed by atoms with Crippen molar-refractivity contribution in [3.63, 3.8) is 0 Å². The quantitative estimate of drug-likeness (QED) is 0.759. The van der Waals surface area contributed by atoms with Crippen molar-refractivity contribution in [2.75, 3.05) is 0 Å². The standard InChI is InChI=1S/C15H29N/c1-12(13-6-4-5-7-13)16-14-8-10-15(2,3)11-9-14/h12-14,16H,4-11H2,1-3H3. The predicted octanol–water partition coefficient (Wildman–Crippen LogP) is 4.12. The Morgan fingerprint density at radius 3 is 2.12 bits per heavy atom. The van der Waals surface area contributed by atoms with Crippen LogP contribution in [0.1, 0.15) is 72.1 Å². The van der Waals surface area contributed by atoms with Crippen molar-refractivity contribution in [2.45, 2.75) is 84.2 Å². The molecular weight excluding hydrogens is 194 g/mol.